The fourth-order valence-corrected chi connectivity index (χ4v) is 2.54. The fraction of sp³-hybridized carbons (Fsp3) is 0.818. The molecule has 1 saturated carbocycles. The lowest BCUT2D eigenvalue weighted by Gasteiger charge is -2.44. The predicted molar refractivity (Wildman–Crippen MR) is 51.8 cm³/mol. The maximum absolute atomic E-state index is 11.2. The molecule has 0 aromatic heterocycles. The maximum Gasteiger partial charge on any atom is 0.320 e. The molecule has 0 bridgehead atoms. The molecule has 2 aliphatic rings. The van der Waals surface area contributed by atoms with E-state index in [2.05, 4.69) is 13.8 Å². The molecule has 0 amide bonds. The predicted octanol–water partition coefficient (Wildman–Crippen LogP) is 1.77. The van der Waals surface area contributed by atoms with E-state index in [4.69, 9.17) is 9.47 Å². The van der Waals surface area contributed by atoms with E-state index in [0.717, 1.165) is 12.8 Å². The van der Waals surface area contributed by atoms with E-state index < -0.39 is 17.7 Å². The second-order valence-corrected chi connectivity index (χ2v) is 5.23. The van der Waals surface area contributed by atoms with E-state index in [1.807, 2.05) is 0 Å². The summed E-state index contributed by atoms with van der Waals surface area (Å²) in [4.78, 5) is 22.5. The third-order valence-electron chi connectivity index (χ3n) is 3.05. The van der Waals surface area contributed by atoms with Gasteiger partial charge in [-0.1, -0.05) is 13.8 Å². The van der Waals surface area contributed by atoms with Gasteiger partial charge in [0.1, 0.15) is 6.42 Å². The standard InChI is InChI=1S/C11H16O4/c1-10(2)4-3-5-11(7-10)14-8(12)6-9(13)15-11/h3-7H2,1-2H3. The molecule has 4 heteroatoms. The van der Waals surface area contributed by atoms with E-state index in [1.54, 1.807) is 0 Å². The smallest absolute Gasteiger partial charge is 0.320 e. The summed E-state index contributed by atoms with van der Waals surface area (Å²) in [6, 6.07) is 0. The summed E-state index contributed by atoms with van der Waals surface area (Å²) in [6.45, 7) is 4.20. The lowest BCUT2D eigenvalue weighted by atomic mass is 9.74. The third kappa shape index (κ3) is 2.13. The van der Waals surface area contributed by atoms with Gasteiger partial charge in [-0.2, -0.15) is 0 Å². The molecule has 1 aliphatic carbocycles. The average molecular weight is 212 g/mol. The normalized spacial score (nSPS) is 28.4. The van der Waals surface area contributed by atoms with Crippen molar-refractivity contribution in [3.05, 3.63) is 0 Å². The summed E-state index contributed by atoms with van der Waals surface area (Å²) in [5.41, 5.74) is 0.0656. The van der Waals surface area contributed by atoms with Gasteiger partial charge in [0.05, 0.1) is 0 Å². The maximum atomic E-state index is 11.2. The molecule has 1 saturated heterocycles. The molecular weight excluding hydrogens is 196 g/mol. The number of hydrogen-bond donors (Lipinski definition) is 0. The molecule has 0 aromatic carbocycles. The van der Waals surface area contributed by atoms with Crippen molar-refractivity contribution in [2.24, 2.45) is 5.41 Å². The van der Waals surface area contributed by atoms with Crippen LogP contribution in [0.3, 0.4) is 0 Å². The Bertz CT molecular complexity index is 290. The molecule has 0 N–H and O–H groups in total. The van der Waals surface area contributed by atoms with Crippen molar-refractivity contribution >= 4 is 11.9 Å². The van der Waals surface area contributed by atoms with E-state index in [0.29, 0.717) is 12.8 Å². The largest absolute Gasteiger partial charge is 0.422 e. The Balaban J connectivity index is 2.18. The quantitative estimate of drug-likeness (QED) is 0.453. The first kappa shape index (κ1) is 10.5. The van der Waals surface area contributed by atoms with Crippen molar-refractivity contribution in [1.82, 2.24) is 0 Å². The van der Waals surface area contributed by atoms with Gasteiger partial charge < -0.3 is 9.47 Å². The molecule has 4 nitrogen and oxygen atoms in total. The first-order valence-corrected chi connectivity index (χ1v) is 5.35. The first-order chi connectivity index (χ1) is 6.91. The molecule has 1 heterocycles. The van der Waals surface area contributed by atoms with Crippen LogP contribution in [-0.4, -0.2) is 17.7 Å². The number of ether oxygens (including phenoxy) is 2. The molecule has 1 spiro atoms. The summed E-state index contributed by atoms with van der Waals surface area (Å²) in [7, 11) is 0. The van der Waals surface area contributed by atoms with Crippen molar-refractivity contribution in [2.45, 2.75) is 51.7 Å². The lowest BCUT2D eigenvalue weighted by Crippen LogP contribution is -2.49. The van der Waals surface area contributed by atoms with Gasteiger partial charge in [-0.05, 0) is 18.3 Å². The molecule has 1 aliphatic heterocycles. The van der Waals surface area contributed by atoms with Gasteiger partial charge in [0.15, 0.2) is 0 Å². The van der Waals surface area contributed by atoms with Gasteiger partial charge in [0.2, 0.25) is 0 Å². The molecule has 0 aromatic rings. The van der Waals surface area contributed by atoms with Crippen molar-refractivity contribution in [3.63, 3.8) is 0 Å². The highest BCUT2D eigenvalue weighted by Crippen LogP contribution is 2.45. The molecule has 0 atom stereocenters. The van der Waals surface area contributed by atoms with E-state index in [9.17, 15) is 9.59 Å². The highest BCUT2D eigenvalue weighted by atomic mass is 16.7. The molecule has 84 valence electrons. The van der Waals surface area contributed by atoms with E-state index in [-0.39, 0.29) is 11.8 Å². The van der Waals surface area contributed by atoms with Crippen molar-refractivity contribution < 1.29 is 19.1 Å². The SMILES string of the molecule is CC1(C)CCCC2(C1)OC(=O)CC(=O)O2. The van der Waals surface area contributed by atoms with Gasteiger partial charge in [-0.25, -0.2) is 0 Å². The first-order valence-electron chi connectivity index (χ1n) is 5.35. The Kier molecular flexibility index (Phi) is 2.24. The molecule has 2 fully saturated rings. The van der Waals surface area contributed by atoms with Gasteiger partial charge in [-0.15, -0.1) is 0 Å². The zero-order valence-corrected chi connectivity index (χ0v) is 9.17. The van der Waals surface area contributed by atoms with Crippen LogP contribution in [0.4, 0.5) is 0 Å². The van der Waals surface area contributed by atoms with Gasteiger partial charge in [0.25, 0.3) is 5.79 Å². The zero-order valence-electron chi connectivity index (χ0n) is 9.17. The number of esters is 2. The molecular formula is C11H16O4. The highest BCUT2D eigenvalue weighted by molar-refractivity contribution is 5.93. The number of carbonyl (C=O) groups excluding carboxylic acids is 2. The van der Waals surface area contributed by atoms with Crippen LogP contribution in [0.25, 0.3) is 0 Å². The second kappa shape index (κ2) is 3.22. The molecule has 0 unspecified atom stereocenters. The van der Waals surface area contributed by atoms with Crippen molar-refractivity contribution in [2.75, 3.05) is 0 Å². The van der Waals surface area contributed by atoms with Crippen LogP contribution in [0.1, 0.15) is 46.0 Å². The van der Waals surface area contributed by atoms with Crippen LogP contribution in [0.2, 0.25) is 0 Å². The summed E-state index contributed by atoms with van der Waals surface area (Å²) in [5.74, 6) is -1.87. The summed E-state index contributed by atoms with van der Waals surface area (Å²) < 4.78 is 10.5. The second-order valence-electron chi connectivity index (χ2n) is 5.23. The number of carbonyl (C=O) groups is 2. The fourth-order valence-electron chi connectivity index (χ4n) is 2.54. The van der Waals surface area contributed by atoms with E-state index in [1.165, 1.54) is 0 Å². The van der Waals surface area contributed by atoms with Crippen molar-refractivity contribution in [1.29, 1.82) is 0 Å². The van der Waals surface area contributed by atoms with Crippen LogP contribution >= 0.6 is 0 Å². The topological polar surface area (TPSA) is 52.6 Å². The Morgan fingerprint density at radius 3 is 2.20 bits per heavy atom. The number of rotatable bonds is 0. The Labute approximate surface area is 88.9 Å². The van der Waals surface area contributed by atoms with Crippen LogP contribution in [-0.2, 0) is 19.1 Å². The van der Waals surface area contributed by atoms with Crippen LogP contribution in [0.5, 0.6) is 0 Å². The lowest BCUT2D eigenvalue weighted by molar-refractivity contribution is -0.262. The highest BCUT2D eigenvalue weighted by Gasteiger charge is 2.49. The van der Waals surface area contributed by atoms with Crippen molar-refractivity contribution in [3.8, 4) is 0 Å². The molecule has 2 rings (SSSR count). The molecule has 0 radical (unpaired) electrons. The monoisotopic (exact) mass is 212 g/mol. The molecule has 15 heavy (non-hydrogen) atoms. The third-order valence-corrected chi connectivity index (χ3v) is 3.05. The zero-order chi connectivity index (χ0) is 11.1. The Hall–Kier alpha value is -1.06. The summed E-state index contributed by atoms with van der Waals surface area (Å²) >= 11 is 0. The average Bonchev–Trinajstić information content (AvgIpc) is 1.97. The van der Waals surface area contributed by atoms with E-state index >= 15 is 0 Å². The van der Waals surface area contributed by atoms with Crippen LogP contribution in [0.15, 0.2) is 0 Å². The Morgan fingerprint density at radius 1 is 1.07 bits per heavy atom. The summed E-state index contributed by atoms with van der Waals surface area (Å²) in [6.07, 6.45) is 2.99. The Morgan fingerprint density at radius 2 is 1.67 bits per heavy atom. The van der Waals surface area contributed by atoms with Gasteiger partial charge in [-0.3, -0.25) is 9.59 Å². The van der Waals surface area contributed by atoms with Gasteiger partial charge in [0, 0.05) is 12.8 Å². The van der Waals surface area contributed by atoms with Crippen LogP contribution in [0, 0.1) is 5.41 Å². The minimum Gasteiger partial charge on any atom is -0.422 e. The minimum absolute atomic E-state index is 0.0656. The van der Waals surface area contributed by atoms with Gasteiger partial charge >= 0.3 is 11.9 Å². The summed E-state index contributed by atoms with van der Waals surface area (Å²) in [5, 5.41) is 0. The minimum atomic E-state index is -0.964. The van der Waals surface area contributed by atoms with Crippen LogP contribution < -0.4 is 0 Å². The number of hydrogen-bond acceptors (Lipinski definition) is 4.